The molecule has 0 saturated carbocycles. The van der Waals surface area contributed by atoms with Crippen LogP contribution in [0.2, 0.25) is 0 Å². The molecule has 0 radical (unpaired) electrons. The van der Waals surface area contributed by atoms with Crippen molar-refractivity contribution < 1.29 is 4.74 Å². The van der Waals surface area contributed by atoms with Gasteiger partial charge in [-0.25, -0.2) is 9.77 Å². The van der Waals surface area contributed by atoms with Crippen molar-refractivity contribution >= 4 is 44.1 Å². The largest absolute Gasteiger partial charge is 0.492 e. The summed E-state index contributed by atoms with van der Waals surface area (Å²) in [6.07, 6.45) is 4.38. The maximum Gasteiger partial charge on any atom is 0.214 e. The Labute approximate surface area is 173 Å². The number of hydrogen-bond acceptors (Lipinski definition) is 5. The smallest absolute Gasteiger partial charge is 0.214 e. The van der Waals surface area contributed by atoms with E-state index < -0.39 is 0 Å². The Morgan fingerprint density at radius 2 is 2.04 bits per heavy atom. The number of rotatable bonds is 7. The molecule has 0 unspecified atom stereocenters. The van der Waals surface area contributed by atoms with Gasteiger partial charge < -0.3 is 10.2 Å². The molecule has 0 aliphatic heterocycles. The van der Waals surface area contributed by atoms with Crippen LogP contribution in [-0.4, -0.2) is 26.5 Å². The summed E-state index contributed by atoms with van der Waals surface area (Å²) in [5, 5.41) is 7.14. The standard InChI is InChI=1S/C17H17Br2N5OS/c1-2-7-25-15-12(8-13(18)9-14(15)19)10-21-24-16(22-23-17(24)26)11-3-5-20-6-4-11/h3-6,8-9,21H,2,7,10H2,1H3,(H,23,26). The van der Waals surface area contributed by atoms with Gasteiger partial charge in [-0.3, -0.25) is 4.98 Å². The van der Waals surface area contributed by atoms with Gasteiger partial charge in [-0.2, -0.15) is 5.10 Å². The number of ether oxygens (including phenoxy) is 1. The lowest BCUT2D eigenvalue weighted by molar-refractivity contribution is 0.312. The Bertz CT molecular complexity index is 942. The third kappa shape index (κ3) is 4.33. The van der Waals surface area contributed by atoms with Gasteiger partial charge >= 0.3 is 0 Å². The predicted octanol–water partition coefficient (Wildman–Crippen LogP) is 5.06. The van der Waals surface area contributed by atoms with Gasteiger partial charge in [-0.1, -0.05) is 22.9 Å². The zero-order valence-corrected chi connectivity index (χ0v) is 18.0. The summed E-state index contributed by atoms with van der Waals surface area (Å²) in [5.74, 6) is 1.52. The van der Waals surface area contributed by atoms with Crippen LogP contribution in [0.4, 0.5) is 0 Å². The summed E-state index contributed by atoms with van der Waals surface area (Å²) in [6.45, 7) is 3.25. The van der Waals surface area contributed by atoms with Crippen LogP contribution in [0.3, 0.4) is 0 Å². The fourth-order valence-electron chi connectivity index (χ4n) is 2.41. The number of halogens is 2. The molecule has 26 heavy (non-hydrogen) atoms. The Morgan fingerprint density at radius 1 is 1.27 bits per heavy atom. The topological polar surface area (TPSA) is 67.8 Å². The highest BCUT2D eigenvalue weighted by Gasteiger charge is 2.13. The molecule has 0 fully saturated rings. The molecule has 6 nitrogen and oxygen atoms in total. The van der Waals surface area contributed by atoms with Crippen LogP contribution in [0.15, 0.2) is 45.6 Å². The number of aromatic nitrogens is 4. The van der Waals surface area contributed by atoms with Gasteiger partial charge in [0.15, 0.2) is 5.82 Å². The maximum atomic E-state index is 5.91. The maximum absolute atomic E-state index is 5.91. The minimum atomic E-state index is 0.488. The third-order valence-corrected chi connectivity index (χ3v) is 4.90. The SMILES string of the molecule is CCCOc1c(Br)cc(Br)cc1CNn1c(-c2ccncc2)n[nH]c1=S. The molecule has 2 aromatic heterocycles. The average Bonchev–Trinajstić information content (AvgIpc) is 3.00. The van der Waals surface area contributed by atoms with E-state index in [2.05, 4.69) is 59.4 Å². The molecule has 0 bridgehead atoms. The number of hydrogen-bond donors (Lipinski definition) is 2. The van der Waals surface area contributed by atoms with Gasteiger partial charge in [0.1, 0.15) is 5.75 Å². The van der Waals surface area contributed by atoms with Crippen molar-refractivity contribution in [1.29, 1.82) is 0 Å². The van der Waals surface area contributed by atoms with E-state index in [9.17, 15) is 0 Å². The van der Waals surface area contributed by atoms with Crippen LogP contribution in [0.25, 0.3) is 11.4 Å². The number of nitrogens with zero attached hydrogens (tertiary/aromatic N) is 3. The van der Waals surface area contributed by atoms with Crippen LogP contribution in [-0.2, 0) is 6.54 Å². The van der Waals surface area contributed by atoms with Gasteiger partial charge in [0.25, 0.3) is 0 Å². The molecule has 0 aliphatic rings. The van der Waals surface area contributed by atoms with Gasteiger partial charge in [0.2, 0.25) is 4.77 Å². The van der Waals surface area contributed by atoms with E-state index in [-0.39, 0.29) is 0 Å². The Morgan fingerprint density at radius 3 is 2.77 bits per heavy atom. The van der Waals surface area contributed by atoms with Crippen molar-refractivity contribution in [1.82, 2.24) is 19.9 Å². The lowest BCUT2D eigenvalue weighted by Crippen LogP contribution is -2.17. The van der Waals surface area contributed by atoms with Crippen molar-refractivity contribution in [3.05, 3.63) is 55.9 Å². The second-order valence-corrected chi connectivity index (χ2v) is 7.64. The Kier molecular flexibility index (Phi) is 6.44. The second-order valence-electron chi connectivity index (χ2n) is 5.48. The molecule has 0 atom stereocenters. The summed E-state index contributed by atoms with van der Waals surface area (Å²) in [7, 11) is 0. The van der Waals surface area contributed by atoms with E-state index in [4.69, 9.17) is 17.0 Å². The zero-order chi connectivity index (χ0) is 18.5. The van der Waals surface area contributed by atoms with E-state index in [1.54, 1.807) is 17.1 Å². The minimum absolute atomic E-state index is 0.488. The lowest BCUT2D eigenvalue weighted by atomic mass is 10.2. The first kappa shape index (κ1) is 19.1. The van der Waals surface area contributed by atoms with Crippen molar-refractivity contribution in [3.8, 4) is 17.1 Å². The molecule has 0 saturated heterocycles. The molecule has 2 heterocycles. The number of benzene rings is 1. The molecule has 0 amide bonds. The van der Waals surface area contributed by atoms with Crippen molar-refractivity contribution in [3.63, 3.8) is 0 Å². The highest BCUT2D eigenvalue weighted by atomic mass is 79.9. The molecule has 0 aliphatic carbocycles. The van der Waals surface area contributed by atoms with Crippen molar-refractivity contribution in [2.24, 2.45) is 0 Å². The first-order valence-electron chi connectivity index (χ1n) is 8.02. The summed E-state index contributed by atoms with van der Waals surface area (Å²) < 4.78 is 10.0. The summed E-state index contributed by atoms with van der Waals surface area (Å²) in [4.78, 5) is 4.04. The van der Waals surface area contributed by atoms with E-state index in [0.717, 1.165) is 32.2 Å². The van der Waals surface area contributed by atoms with Crippen LogP contribution < -0.4 is 10.2 Å². The molecule has 3 rings (SSSR count). The van der Waals surface area contributed by atoms with Crippen LogP contribution in [0.5, 0.6) is 5.75 Å². The fraction of sp³-hybridized carbons (Fsp3) is 0.235. The molecular weight excluding hydrogens is 482 g/mol. The van der Waals surface area contributed by atoms with E-state index in [1.807, 2.05) is 24.3 Å². The van der Waals surface area contributed by atoms with Crippen molar-refractivity contribution in [2.75, 3.05) is 12.0 Å². The first-order valence-corrected chi connectivity index (χ1v) is 10.0. The van der Waals surface area contributed by atoms with Gasteiger partial charge in [0, 0.05) is 28.0 Å². The molecule has 0 spiro atoms. The highest BCUT2D eigenvalue weighted by molar-refractivity contribution is 9.11. The van der Waals surface area contributed by atoms with E-state index in [1.165, 1.54) is 0 Å². The van der Waals surface area contributed by atoms with E-state index in [0.29, 0.717) is 23.7 Å². The Hall–Kier alpha value is -1.71. The monoisotopic (exact) mass is 497 g/mol. The molecular formula is C17H17Br2N5OS. The molecule has 9 heteroatoms. The van der Waals surface area contributed by atoms with Crippen molar-refractivity contribution in [2.45, 2.75) is 19.9 Å². The molecule has 136 valence electrons. The summed E-state index contributed by atoms with van der Waals surface area (Å²) >= 11 is 12.5. The minimum Gasteiger partial charge on any atom is -0.492 e. The number of aromatic amines is 1. The first-order chi connectivity index (χ1) is 12.6. The normalized spacial score (nSPS) is 10.7. The predicted molar refractivity (Wildman–Crippen MR) is 111 cm³/mol. The lowest BCUT2D eigenvalue weighted by Gasteiger charge is -2.16. The van der Waals surface area contributed by atoms with Gasteiger partial charge in [-0.15, -0.1) is 0 Å². The molecule has 3 aromatic rings. The second kappa shape index (κ2) is 8.79. The van der Waals surface area contributed by atoms with Gasteiger partial charge in [0.05, 0.1) is 17.6 Å². The third-order valence-electron chi connectivity index (χ3n) is 3.57. The van der Waals surface area contributed by atoms with Crippen LogP contribution in [0, 0.1) is 4.77 Å². The Balaban J connectivity index is 1.89. The van der Waals surface area contributed by atoms with Crippen LogP contribution in [0.1, 0.15) is 18.9 Å². The fourth-order valence-corrected chi connectivity index (χ4v) is 4.04. The average molecular weight is 499 g/mol. The quantitative estimate of drug-likeness (QED) is 0.445. The summed E-state index contributed by atoms with van der Waals surface area (Å²) in [5.41, 5.74) is 5.24. The highest BCUT2D eigenvalue weighted by Crippen LogP contribution is 2.33. The number of nitrogens with one attached hydrogen (secondary N) is 2. The molecule has 1 aromatic carbocycles. The van der Waals surface area contributed by atoms with Crippen LogP contribution >= 0.6 is 44.1 Å². The zero-order valence-electron chi connectivity index (χ0n) is 14.0. The number of H-pyrrole nitrogens is 1. The van der Waals surface area contributed by atoms with E-state index >= 15 is 0 Å². The number of pyridine rings is 1. The molecule has 2 N–H and O–H groups in total. The van der Waals surface area contributed by atoms with Gasteiger partial charge in [-0.05, 0) is 58.8 Å². The summed E-state index contributed by atoms with van der Waals surface area (Å²) in [6, 6.07) is 7.77.